The van der Waals surface area contributed by atoms with E-state index in [2.05, 4.69) is 29.0 Å². The number of ether oxygens (including phenoxy) is 3. The third-order valence-corrected chi connectivity index (χ3v) is 6.30. The smallest absolute Gasteiger partial charge is 0.305 e. The molecule has 0 spiro atoms. The molecule has 0 fully saturated rings. The lowest BCUT2D eigenvalue weighted by Gasteiger charge is -2.17. The van der Waals surface area contributed by atoms with Crippen LogP contribution in [0.25, 0.3) is 11.3 Å². The van der Waals surface area contributed by atoms with Crippen LogP contribution in [-0.4, -0.2) is 54.8 Å². The molecule has 0 aliphatic rings. The predicted molar refractivity (Wildman–Crippen MR) is 148 cm³/mol. The van der Waals surface area contributed by atoms with E-state index < -0.39 is 17.9 Å². The summed E-state index contributed by atoms with van der Waals surface area (Å²) in [4.78, 5) is 38.2. The zero-order valence-corrected chi connectivity index (χ0v) is 23.2. The number of amides is 1. The minimum atomic E-state index is -0.790. The van der Waals surface area contributed by atoms with Crippen LogP contribution in [0.4, 0.5) is 0 Å². The van der Waals surface area contributed by atoms with E-state index in [0.717, 1.165) is 5.56 Å². The lowest BCUT2D eigenvalue weighted by atomic mass is 9.99. The summed E-state index contributed by atoms with van der Waals surface area (Å²) in [6.45, 7) is 4.67. The van der Waals surface area contributed by atoms with Gasteiger partial charge in [0, 0.05) is 13.0 Å². The quantitative estimate of drug-likeness (QED) is 0.303. The first kappa shape index (κ1) is 29.4. The van der Waals surface area contributed by atoms with Gasteiger partial charge in [-0.1, -0.05) is 50.2 Å². The van der Waals surface area contributed by atoms with Gasteiger partial charge in [-0.05, 0) is 42.5 Å². The molecule has 3 aromatic rings. The number of Topliss-reactive ketones (excluding diaryl/α,β-unsaturated/α-hetero) is 1. The Labute approximate surface area is 229 Å². The molecule has 208 valence electrons. The molecule has 0 aliphatic heterocycles. The number of methoxy groups -OCH3 is 3. The van der Waals surface area contributed by atoms with Gasteiger partial charge in [-0.15, -0.1) is 0 Å². The van der Waals surface area contributed by atoms with Crippen LogP contribution in [0.2, 0.25) is 0 Å². The summed E-state index contributed by atoms with van der Waals surface area (Å²) in [5.74, 6) is 0.239. The average Bonchev–Trinajstić information content (AvgIpc) is 3.36. The van der Waals surface area contributed by atoms with Gasteiger partial charge in [-0.3, -0.25) is 19.1 Å². The van der Waals surface area contributed by atoms with Crippen LogP contribution in [0.3, 0.4) is 0 Å². The molecule has 0 aliphatic carbocycles. The molecule has 2 aromatic carbocycles. The maximum absolute atomic E-state index is 13.5. The van der Waals surface area contributed by atoms with Crippen molar-refractivity contribution < 1.29 is 28.6 Å². The standard InChI is InChI=1S/C30H37N3O6/c1-20(2)19-33-24(29-26(37-3)12-9-13-27(29)38-4)18-23(32-33)30(36)31-22(25(34)16-17-28(35)39-5)15-14-21-10-7-6-8-11-21/h6-13,18,20,22H,14-17,19H2,1-5H3,(H,31,36)/t22-/m0/s1. The van der Waals surface area contributed by atoms with Crippen LogP contribution < -0.4 is 14.8 Å². The molecule has 1 amide bonds. The Hall–Kier alpha value is -4.14. The minimum Gasteiger partial charge on any atom is -0.496 e. The van der Waals surface area contributed by atoms with Gasteiger partial charge < -0.3 is 19.5 Å². The van der Waals surface area contributed by atoms with Gasteiger partial charge in [0.1, 0.15) is 11.5 Å². The maximum Gasteiger partial charge on any atom is 0.305 e. The van der Waals surface area contributed by atoms with Gasteiger partial charge in [-0.25, -0.2) is 0 Å². The fraction of sp³-hybridized carbons (Fsp3) is 0.400. The molecule has 1 aromatic heterocycles. The lowest BCUT2D eigenvalue weighted by Crippen LogP contribution is -2.41. The second-order valence-corrected chi connectivity index (χ2v) is 9.62. The zero-order valence-electron chi connectivity index (χ0n) is 23.2. The van der Waals surface area contributed by atoms with E-state index in [0.29, 0.717) is 42.1 Å². The second kappa shape index (κ2) is 14.1. The Morgan fingerprint density at radius 2 is 1.59 bits per heavy atom. The first-order valence-electron chi connectivity index (χ1n) is 13.0. The summed E-state index contributed by atoms with van der Waals surface area (Å²) >= 11 is 0. The fourth-order valence-corrected chi connectivity index (χ4v) is 4.32. The molecule has 9 heteroatoms. The summed E-state index contributed by atoms with van der Waals surface area (Å²) in [6.07, 6.45) is 0.891. The van der Waals surface area contributed by atoms with E-state index in [1.807, 2.05) is 48.5 Å². The third kappa shape index (κ3) is 7.92. The lowest BCUT2D eigenvalue weighted by molar-refractivity contribution is -0.142. The molecule has 9 nitrogen and oxygen atoms in total. The summed E-state index contributed by atoms with van der Waals surface area (Å²) in [5, 5.41) is 7.47. The van der Waals surface area contributed by atoms with E-state index in [1.54, 1.807) is 25.0 Å². The summed E-state index contributed by atoms with van der Waals surface area (Å²) in [5.41, 5.74) is 2.57. The van der Waals surface area contributed by atoms with Crippen molar-refractivity contribution in [3.63, 3.8) is 0 Å². The van der Waals surface area contributed by atoms with Crippen molar-refractivity contribution in [2.45, 2.75) is 52.1 Å². The van der Waals surface area contributed by atoms with Crippen LogP contribution in [0.1, 0.15) is 49.2 Å². The van der Waals surface area contributed by atoms with Crippen LogP contribution in [0.15, 0.2) is 54.6 Å². The highest BCUT2D eigenvalue weighted by molar-refractivity contribution is 5.98. The molecular weight excluding hydrogens is 498 g/mol. The van der Waals surface area contributed by atoms with Crippen molar-refractivity contribution in [2.75, 3.05) is 21.3 Å². The average molecular weight is 536 g/mol. The summed E-state index contributed by atoms with van der Waals surface area (Å²) in [6, 6.07) is 16.1. The van der Waals surface area contributed by atoms with E-state index in [-0.39, 0.29) is 30.2 Å². The largest absolute Gasteiger partial charge is 0.496 e. The number of rotatable bonds is 14. The number of nitrogens with one attached hydrogen (secondary N) is 1. The van der Waals surface area contributed by atoms with Crippen molar-refractivity contribution in [2.24, 2.45) is 5.92 Å². The summed E-state index contributed by atoms with van der Waals surface area (Å²) in [7, 11) is 4.43. The molecule has 1 atom stereocenters. The Bertz CT molecular complexity index is 1250. The molecule has 1 N–H and O–H groups in total. The Balaban J connectivity index is 1.91. The van der Waals surface area contributed by atoms with Gasteiger partial charge in [0.25, 0.3) is 5.91 Å². The Kier molecular flexibility index (Phi) is 10.7. The molecular formula is C30H37N3O6. The Morgan fingerprint density at radius 3 is 2.18 bits per heavy atom. The van der Waals surface area contributed by atoms with E-state index in [9.17, 15) is 14.4 Å². The second-order valence-electron chi connectivity index (χ2n) is 9.62. The number of hydrogen-bond donors (Lipinski definition) is 1. The zero-order chi connectivity index (χ0) is 28.4. The van der Waals surface area contributed by atoms with Crippen molar-refractivity contribution in [1.29, 1.82) is 0 Å². The van der Waals surface area contributed by atoms with Gasteiger partial charge in [0.05, 0.1) is 45.0 Å². The number of aromatic nitrogens is 2. The highest BCUT2D eigenvalue weighted by Crippen LogP contribution is 2.38. The molecule has 0 radical (unpaired) electrons. The number of benzene rings is 2. The van der Waals surface area contributed by atoms with Gasteiger partial charge in [-0.2, -0.15) is 5.10 Å². The molecule has 0 unspecified atom stereocenters. The highest BCUT2D eigenvalue weighted by atomic mass is 16.5. The number of ketones is 1. The third-order valence-electron chi connectivity index (χ3n) is 6.30. The molecule has 1 heterocycles. The predicted octanol–water partition coefficient (Wildman–Crippen LogP) is 4.48. The SMILES string of the molecule is COC(=O)CCC(=O)[C@H](CCc1ccccc1)NC(=O)c1cc(-c2c(OC)cccc2OC)n(CC(C)C)n1. The highest BCUT2D eigenvalue weighted by Gasteiger charge is 2.26. The first-order chi connectivity index (χ1) is 18.8. The van der Waals surface area contributed by atoms with Crippen LogP contribution in [0.5, 0.6) is 11.5 Å². The number of esters is 1. The topological polar surface area (TPSA) is 109 Å². The maximum atomic E-state index is 13.5. The van der Waals surface area contributed by atoms with Crippen LogP contribution in [0, 0.1) is 5.92 Å². The van der Waals surface area contributed by atoms with Crippen LogP contribution >= 0.6 is 0 Å². The fourth-order valence-electron chi connectivity index (χ4n) is 4.32. The number of hydrogen-bond acceptors (Lipinski definition) is 7. The van der Waals surface area contributed by atoms with Gasteiger partial charge >= 0.3 is 5.97 Å². The number of nitrogens with zero attached hydrogens (tertiary/aromatic N) is 2. The molecule has 0 saturated carbocycles. The van der Waals surface area contributed by atoms with Gasteiger partial charge in [0.2, 0.25) is 0 Å². The van der Waals surface area contributed by atoms with Crippen molar-refractivity contribution >= 4 is 17.7 Å². The van der Waals surface area contributed by atoms with Crippen LogP contribution in [-0.2, 0) is 27.3 Å². The van der Waals surface area contributed by atoms with E-state index >= 15 is 0 Å². The minimum absolute atomic E-state index is 0.0299. The number of aryl methyl sites for hydroxylation is 1. The van der Waals surface area contributed by atoms with Crippen molar-refractivity contribution in [3.8, 4) is 22.8 Å². The monoisotopic (exact) mass is 535 g/mol. The number of carbonyl (C=O) groups excluding carboxylic acids is 3. The summed E-state index contributed by atoms with van der Waals surface area (Å²) < 4.78 is 17.6. The molecule has 0 saturated heterocycles. The Morgan fingerprint density at radius 1 is 0.923 bits per heavy atom. The first-order valence-corrected chi connectivity index (χ1v) is 13.0. The van der Waals surface area contributed by atoms with E-state index in [4.69, 9.17) is 9.47 Å². The molecule has 3 rings (SSSR count). The van der Waals surface area contributed by atoms with Crippen molar-refractivity contribution in [1.82, 2.24) is 15.1 Å². The van der Waals surface area contributed by atoms with Crippen molar-refractivity contribution in [3.05, 3.63) is 65.9 Å². The number of carbonyl (C=O) groups is 3. The van der Waals surface area contributed by atoms with E-state index in [1.165, 1.54) is 7.11 Å². The molecule has 0 bridgehead atoms. The normalized spacial score (nSPS) is 11.6. The molecule has 39 heavy (non-hydrogen) atoms. The van der Waals surface area contributed by atoms with Gasteiger partial charge in [0.15, 0.2) is 11.5 Å².